The SMILES string of the molecule is Cc1c(O)c2c(c([C@H](CC(C)C)C3=C(O)C(C)(C)C(=O)C(C)(C)C3=O)c1O)O[C@@H](c1ccccc1)CC2=O. The van der Waals surface area contributed by atoms with Gasteiger partial charge in [0.2, 0.25) is 0 Å². The van der Waals surface area contributed by atoms with Crippen molar-refractivity contribution >= 4 is 17.3 Å². The molecule has 1 heterocycles. The molecule has 4 rings (SSSR count). The van der Waals surface area contributed by atoms with Gasteiger partial charge in [0.25, 0.3) is 0 Å². The highest BCUT2D eigenvalue weighted by Gasteiger charge is 2.55. The van der Waals surface area contributed by atoms with E-state index in [4.69, 9.17) is 4.74 Å². The summed E-state index contributed by atoms with van der Waals surface area (Å²) in [5.41, 5.74) is -1.78. The van der Waals surface area contributed by atoms with E-state index < -0.39 is 34.4 Å². The second kappa shape index (κ2) is 9.29. The number of allylic oxidation sites excluding steroid dienone is 2. The summed E-state index contributed by atoms with van der Waals surface area (Å²) in [6.45, 7) is 11.6. The van der Waals surface area contributed by atoms with Crippen molar-refractivity contribution in [1.29, 1.82) is 0 Å². The molecule has 3 N–H and O–H groups in total. The molecule has 0 fully saturated rings. The van der Waals surface area contributed by atoms with Crippen LogP contribution in [0.2, 0.25) is 0 Å². The lowest BCUT2D eigenvalue weighted by molar-refractivity contribution is -0.144. The lowest BCUT2D eigenvalue weighted by atomic mass is 9.60. The van der Waals surface area contributed by atoms with Crippen LogP contribution >= 0.6 is 0 Å². The first-order valence-electron chi connectivity index (χ1n) is 13.0. The van der Waals surface area contributed by atoms with Gasteiger partial charge in [0.1, 0.15) is 34.7 Å². The summed E-state index contributed by atoms with van der Waals surface area (Å²) in [4.78, 5) is 40.5. The van der Waals surface area contributed by atoms with Crippen LogP contribution in [-0.2, 0) is 9.59 Å². The van der Waals surface area contributed by atoms with Crippen LogP contribution in [0.4, 0.5) is 0 Å². The second-order valence-electron chi connectivity index (χ2n) is 11.9. The fourth-order valence-corrected chi connectivity index (χ4v) is 5.81. The Balaban J connectivity index is 2.05. The predicted octanol–water partition coefficient (Wildman–Crippen LogP) is 6.26. The molecule has 2 aliphatic rings. The van der Waals surface area contributed by atoms with Gasteiger partial charge in [-0.25, -0.2) is 0 Å². The number of hydrogen-bond donors (Lipinski definition) is 3. The van der Waals surface area contributed by atoms with Crippen molar-refractivity contribution < 1.29 is 34.4 Å². The summed E-state index contributed by atoms with van der Waals surface area (Å²) >= 11 is 0. The van der Waals surface area contributed by atoms with Crippen molar-refractivity contribution in [3.05, 3.63) is 63.9 Å². The Morgan fingerprint density at radius 1 is 0.947 bits per heavy atom. The van der Waals surface area contributed by atoms with E-state index >= 15 is 0 Å². The number of rotatable bonds is 5. The topological polar surface area (TPSA) is 121 Å². The van der Waals surface area contributed by atoms with Gasteiger partial charge in [0, 0.05) is 22.6 Å². The van der Waals surface area contributed by atoms with Crippen molar-refractivity contribution in [2.24, 2.45) is 16.7 Å². The quantitative estimate of drug-likeness (QED) is 0.398. The van der Waals surface area contributed by atoms with Crippen LogP contribution in [0.25, 0.3) is 0 Å². The van der Waals surface area contributed by atoms with Crippen molar-refractivity contribution in [2.75, 3.05) is 0 Å². The van der Waals surface area contributed by atoms with Crippen LogP contribution in [0.1, 0.15) is 93.5 Å². The smallest absolute Gasteiger partial charge is 0.175 e. The zero-order valence-corrected chi connectivity index (χ0v) is 23.0. The molecule has 7 heteroatoms. The summed E-state index contributed by atoms with van der Waals surface area (Å²) < 4.78 is 6.36. The van der Waals surface area contributed by atoms with E-state index in [0.29, 0.717) is 6.42 Å². The number of ether oxygens (including phenoxy) is 1. The minimum atomic E-state index is -1.41. The van der Waals surface area contributed by atoms with E-state index in [-0.39, 0.29) is 63.4 Å². The molecule has 0 spiro atoms. The molecule has 0 aromatic heterocycles. The number of carbonyl (C=O) groups excluding carboxylic acids is 3. The fraction of sp³-hybridized carbons (Fsp3) is 0.452. The lowest BCUT2D eigenvalue weighted by Crippen LogP contribution is -2.49. The first-order chi connectivity index (χ1) is 17.6. The third kappa shape index (κ3) is 4.08. The van der Waals surface area contributed by atoms with E-state index in [1.807, 2.05) is 44.2 Å². The molecule has 0 saturated carbocycles. The average molecular weight is 521 g/mol. The number of phenolic OH excluding ortho intramolecular Hbond substituents is 2. The molecule has 2 aromatic carbocycles. The van der Waals surface area contributed by atoms with Crippen LogP contribution in [0, 0.1) is 23.7 Å². The maximum atomic E-state index is 13.9. The first kappa shape index (κ1) is 27.4. The summed E-state index contributed by atoms with van der Waals surface area (Å²) in [5.74, 6) is -3.22. The maximum absolute atomic E-state index is 13.9. The van der Waals surface area contributed by atoms with E-state index in [0.717, 1.165) is 5.56 Å². The highest BCUT2D eigenvalue weighted by Crippen LogP contribution is 2.56. The van der Waals surface area contributed by atoms with Gasteiger partial charge in [0.15, 0.2) is 17.3 Å². The average Bonchev–Trinajstić information content (AvgIpc) is 2.85. The molecule has 0 radical (unpaired) electrons. The molecular weight excluding hydrogens is 484 g/mol. The highest BCUT2D eigenvalue weighted by atomic mass is 16.5. The summed E-state index contributed by atoms with van der Waals surface area (Å²) in [7, 11) is 0. The van der Waals surface area contributed by atoms with E-state index in [2.05, 4.69) is 0 Å². The number of phenols is 2. The van der Waals surface area contributed by atoms with Crippen LogP contribution in [-0.4, -0.2) is 32.7 Å². The summed E-state index contributed by atoms with van der Waals surface area (Å²) in [6, 6.07) is 9.17. The molecule has 2 aromatic rings. The molecule has 2 atom stereocenters. The molecule has 0 saturated heterocycles. The molecule has 38 heavy (non-hydrogen) atoms. The fourth-order valence-electron chi connectivity index (χ4n) is 5.81. The number of ketones is 3. The van der Waals surface area contributed by atoms with Gasteiger partial charge < -0.3 is 20.1 Å². The largest absolute Gasteiger partial charge is 0.511 e. The van der Waals surface area contributed by atoms with Crippen molar-refractivity contribution in [2.45, 2.75) is 73.3 Å². The number of benzene rings is 2. The Bertz CT molecular complexity index is 1360. The summed E-state index contributed by atoms with van der Waals surface area (Å²) in [6.07, 6.45) is -0.372. The normalized spacial score (nSPS) is 21.4. The maximum Gasteiger partial charge on any atom is 0.175 e. The number of carbonyl (C=O) groups is 3. The van der Waals surface area contributed by atoms with Crippen LogP contribution < -0.4 is 4.74 Å². The molecule has 0 unspecified atom stereocenters. The Morgan fingerprint density at radius 3 is 2.13 bits per heavy atom. The minimum Gasteiger partial charge on any atom is -0.511 e. The number of Topliss-reactive ketones (excluding diaryl/α,β-unsaturated/α-hetero) is 3. The lowest BCUT2D eigenvalue weighted by Gasteiger charge is -2.41. The summed E-state index contributed by atoms with van der Waals surface area (Å²) in [5, 5.41) is 33.8. The molecular formula is C31H36O7. The zero-order chi connectivity index (χ0) is 28.3. The Hall–Kier alpha value is -3.61. The van der Waals surface area contributed by atoms with E-state index in [1.54, 1.807) is 27.7 Å². The van der Waals surface area contributed by atoms with Gasteiger partial charge in [0.05, 0.1) is 17.3 Å². The first-order valence-corrected chi connectivity index (χ1v) is 13.0. The third-order valence-electron chi connectivity index (χ3n) is 7.95. The van der Waals surface area contributed by atoms with E-state index in [1.165, 1.54) is 6.92 Å². The van der Waals surface area contributed by atoms with Crippen molar-refractivity contribution in [3.63, 3.8) is 0 Å². The van der Waals surface area contributed by atoms with Crippen molar-refractivity contribution in [3.8, 4) is 17.2 Å². The standard InChI is InChI=1S/C31H36O7/c1-15(2)13-18(22-27(35)30(4,5)29(37)31(6,7)28(22)36)21-24(33)16(3)25(34)23-19(32)14-20(38-26(21)23)17-11-9-8-10-12-17/h8-12,15,18,20,33-35H,13-14H2,1-7H3/t18-,20+/m0/s1. The number of aliphatic hydroxyl groups is 1. The Labute approximate surface area is 223 Å². The highest BCUT2D eigenvalue weighted by molar-refractivity contribution is 6.19. The molecule has 1 aliphatic carbocycles. The Morgan fingerprint density at radius 2 is 1.55 bits per heavy atom. The third-order valence-corrected chi connectivity index (χ3v) is 7.95. The predicted molar refractivity (Wildman–Crippen MR) is 143 cm³/mol. The molecule has 7 nitrogen and oxygen atoms in total. The van der Waals surface area contributed by atoms with Gasteiger partial charge in [-0.15, -0.1) is 0 Å². The van der Waals surface area contributed by atoms with Gasteiger partial charge >= 0.3 is 0 Å². The number of hydrogen-bond acceptors (Lipinski definition) is 7. The number of aliphatic hydroxyl groups excluding tert-OH is 1. The molecule has 0 amide bonds. The second-order valence-corrected chi connectivity index (χ2v) is 11.9. The number of fused-ring (bicyclic) bond motifs is 1. The monoisotopic (exact) mass is 520 g/mol. The molecule has 0 bridgehead atoms. The van der Waals surface area contributed by atoms with Crippen molar-refractivity contribution in [1.82, 2.24) is 0 Å². The van der Waals surface area contributed by atoms with E-state index in [9.17, 15) is 29.7 Å². The van der Waals surface area contributed by atoms with Crippen LogP contribution in [0.5, 0.6) is 17.2 Å². The molecule has 202 valence electrons. The number of aromatic hydroxyl groups is 2. The van der Waals surface area contributed by atoms with Gasteiger partial charge in [-0.3, -0.25) is 14.4 Å². The van der Waals surface area contributed by atoms with Crippen LogP contribution in [0.3, 0.4) is 0 Å². The van der Waals surface area contributed by atoms with Crippen LogP contribution in [0.15, 0.2) is 41.7 Å². The van der Waals surface area contributed by atoms with Gasteiger partial charge in [-0.2, -0.15) is 0 Å². The zero-order valence-electron chi connectivity index (χ0n) is 23.0. The Kier molecular flexibility index (Phi) is 6.71. The molecule has 1 aliphatic heterocycles. The van der Waals surface area contributed by atoms with Gasteiger partial charge in [-0.05, 0) is 52.5 Å². The minimum absolute atomic E-state index is 0.00182. The van der Waals surface area contributed by atoms with Gasteiger partial charge in [-0.1, -0.05) is 44.2 Å².